The fraction of sp³-hybridized carbons (Fsp3) is 0.556. The van der Waals surface area contributed by atoms with Gasteiger partial charge in [0, 0.05) is 24.2 Å². The van der Waals surface area contributed by atoms with Crippen LogP contribution in [-0.2, 0) is 0 Å². The fourth-order valence-electron chi connectivity index (χ4n) is 3.16. The molecule has 4 nitrogen and oxygen atoms in total. The summed E-state index contributed by atoms with van der Waals surface area (Å²) in [6, 6.07) is 6.29. The van der Waals surface area contributed by atoms with Crippen LogP contribution in [0.25, 0.3) is 0 Å². The molecule has 2 atom stereocenters. The van der Waals surface area contributed by atoms with Gasteiger partial charge in [-0.25, -0.2) is 0 Å². The zero-order valence-electron chi connectivity index (χ0n) is 13.6. The van der Waals surface area contributed by atoms with E-state index in [2.05, 4.69) is 17.5 Å². The summed E-state index contributed by atoms with van der Waals surface area (Å²) >= 11 is 0. The van der Waals surface area contributed by atoms with Crippen LogP contribution in [0.3, 0.4) is 0 Å². The van der Waals surface area contributed by atoms with E-state index in [1.54, 1.807) is 14.2 Å². The number of β-amino-alcohol motifs (C(OH)–C–C–N with tert-alkyl or cyclic N) is 1. The Morgan fingerprint density at radius 2 is 2.23 bits per heavy atom. The largest absolute Gasteiger partial charge is 0.497 e. The molecule has 1 aromatic rings. The summed E-state index contributed by atoms with van der Waals surface area (Å²) in [5.74, 6) is 1.66. The standard InChI is InChI=1S/C18H27NO3/c1-4-5-7-14(20)13-19-11-6-8-17(19)16-10-9-15(21-2)12-18(16)22-3/h4,9-10,12,14,17,20H,1,5-8,11,13H2,2-3H3. The van der Waals surface area contributed by atoms with E-state index in [4.69, 9.17) is 9.47 Å². The maximum absolute atomic E-state index is 10.2. The summed E-state index contributed by atoms with van der Waals surface area (Å²) in [6.45, 7) is 5.43. The van der Waals surface area contributed by atoms with Crippen LogP contribution in [0.2, 0.25) is 0 Å². The van der Waals surface area contributed by atoms with Crippen molar-refractivity contribution in [3.05, 3.63) is 36.4 Å². The second-order valence-electron chi connectivity index (χ2n) is 5.78. The van der Waals surface area contributed by atoms with Crippen LogP contribution in [0, 0.1) is 0 Å². The summed E-state index contributed by atoms with van der Waals surface area (Å²) in [6.07, 6.45) is 5.42. The lowest BCUT2D eigenvalue weighted by molar-refractivity contribution is 0.0990. The molecule has 0 bridgehead atoms. The van der Waals surface area contributed by atoms with Gasteiger partial charge in [0.15, 0.2) is 0 Å². The van der Waals surface area contributed by atoms with Crippen LogP contribution in [0.15, 0.2) is 30.9 Å². The molecule has 0 spiro atoms. The minimum atomic E-state index is -0.303. The zero-order chi connectivity index (χ0) is 15.9. The lowest BCUT2D eigenvalue weighted by Crippen LogP contribution is -2.32. The molecule has 0 amide bonds. The highest BCUT2D eigenvalue weighted by Gasteiger charge is 2.29. The molecule has 1 aliphatic rings. The van der Waals surface area contributed by atoms with Crippen molar-refractivity contribution < 1.29 is 14.6 Å². The Labute approximate surface area is 133 Å². The number of hydrogen-bond acceptors (Lipinski definition) is 4. The SMILES string of the molecule is C=CCCC(O)CN1CCCC1c1ccc(OC)cc1OC. The van der Waals surface area contributed by atoms with Crippen molar-refractivity contribution in [2.24, 2.45) is 0 Å². The molecular weight excluding hydrogens is 278 g/mol. The summed E-state index contributed by atoms with van der Waals surface area (Å²) in [4.78, 5) is 2.36. The first-order chi connectivity index (χ1) is 10.7. The number of ether oxygens (including phenoxy) is 2. The van der Waals surface area contributed by atoms with Crippen LogP contribution >= 0.6 is 0 Å². The highest BCUT2D eigenvalue weighted by molar-refractivity contribution is 5.42. The molecule has 122 valence electrons. The minimum Gasteiger partial charge on any atom is -0.497 e. The third-order valence-corrected chi connectivity index (χ3v) is 4.31. The lowest BCUT2D eigenvalue weighted by Gasteiger charge is -2.28. The van der Waals surface area contributed by atoms with Crippen molar-refractivity contribution in [3.8, 4) is 11.5 Å². The fourth-order valence-corrected chi connectivity index (χ4v) is 3.16. The Morgan fingerprint density at radius 3 is 2.91 bits per heavy atom. The van der Waals surface area contributed by atoms with Crippen molar-refractivity contribution in [3.63, 3.8) is 0 Å². The Balaban J connectivity index is 2.11. The smallest absolute Gasteiger partial charge is 0.127 e. The third-order valence-electron chi connectivity index (χ3n) is 4.31. The maximum atomic E-state index is 10.2. The van der Waals surface area contributed by atoms with E-state index >= 15 is 0 Å². The molecule has 4 heteroatoms. The van der Waals surface area contributed by atoms with Gasteiger partial charge in [-0.15, -0.1) is 6.58 Å². The zero-order valence-corrected chi connectivity index (χ0v) is 13.6. The first-order valence-electron chi connectivity index (χ1n) is 7.94. The number of hydrogen-bond donors (Lipinski definition) is 1. The molecule has 1 aliphatic heterocycles. The quantitative estimate of drug-likeness (QED) is 0.749. The average Bonchev–Trinajstić information content (AvgIpc) is 3.00. The minimum absolute atomic E-state index is 0.303. The van der Waals surface area contributed by atoms with Gasteiger partial charge in [-0.05, 0) is 38.3 Å². The Bertz CT molecular complexity index is 489. The molecule has 1 heterocycles. The number of rotatable bonds is 8. The van der Waals surface area contributed by atoms with Crippen molar-refractivity contribution in [1.29, 1.82) is 0 Å². The van der Waals surface area contributed by atoms with Crippen LogP contribution in [0.5, 0.6) is 11.5 Å². The number of aliphatic hydroxyl groups excluding tert-OH is 1. The molecule has 1 aromatic carbocycles. The molecule has 1 fully saturated rings. The van der Waals surface area contributed by atoms with E-state index in [-0.39, 0.29) is 6.10 Å². The number of nitrogens with zero attached hydrogens (tertiary/aromatic N) is 1. The molecule has 1 saturated heterocycles. The number of aliphatic hydroxyl groups is 1. The van der Waals surface area contributed by atoms with E-state index in [0.29, 0.717) is 12.6 Å². The topological polar surface area (TPSA) is 41.9 Å². The van der Waals surface area contributed by atoms with E-state index < -0.39 is 0 Å². The van der Waals surface area contributed by atoms with Gasteiger partial charge < -0.3 is 14.6 Å². The predicted octanol–water partition coefficient (Wildman–Crippen LogP) is 3.17. The van der Waals surface area contributed by atoms with Crippen molar-refractivity contribution >= 4 is 0 Å². The summed E-state index contributed by atoms with van der Waals surface area (Å²) < 4.78 is 10.8. The summed E-state index contributed by atoms with van der Waals surface area (Å²) in [5.41, 5.74) is 1.18. The monoisotopic (exact) mass is 305 g/mol. The number of benzene rings is 1. The lowest BCUT2D eigenvalue weighted by atomic mass is 10.0. The number of allylic oxidation sites excluding steroid dienone is 1. The van der Waals surface area contributed by atoms with Crippen LogP contribution in [0.1, 0.15) is 37.3 Å². The number of methoxy groups -OCH3 is 2. The van der Waals surface area contributed by atoms with Crippen molar-refractivity contribution in [1.82, 2.24) is 4.90 Å². The normalized spacial score (nSPS) is 19.9. The number of likely N-dealkylation sites (tertiary alicyclic amines) is 1. The Morgan fingerprint density at radius 1 is 1.41 bits per heavy atom. The van der Waals surface area contributed by atoms with Gasteiger partial charge >= 0.3 is 0 Å². The van der Waals surface area contributed by atoms with Crippen LogP contribution in [0.4, 0.5) is 0 Å². The van der Waals surface area contributed by atoms with Gasteiger partial charge in [0.2, 0.25) is 0 Å². The van der Waals surface area contributed by atoms with Gasteiger partial charge in [-0.3, -0.25) is 4.90 Å². The van der Waals surface area contributed by atoms with E-state index in [9.17, 15) is 5.11 Å². The van der Waals surface area contributed by atoms with Crippen LogP contribution in [-0.4, -0.2) is 43.4 Å². The second-order valence-corrected chi connectivity index (χ2v) is 5.78. The first kappa shape index (κ1) is 16.8. The maximum Gasteiger partial charge on any atom is 0.127 e. The Kier molecular flexibility index (Phi) is 6.28. The van der Waals surface area contributed by atoms with E-state index in [1.165, 1.54) is 5.56 Å². The molecule has 22 heavy (non-hydrogen) atoms. The Hall–Kier alpha value is -1.52. The van der Waals surface area contributed by atoms with Crippen LogP contribution < -0.4 is 9.47 Å². The molecule has 2 rings (SSSR count). The highest BCUT2D eigenvalue weighted by Crippen LogP contribution is 2.38. The van der Waals surface area contributed by atoms with Gasteiger partial charge in [0.05, 0.1) is 20.3 Å². The van der Waals surface area contributed by atoms with Crippen molar-refractivity contribution in [2.75, 3.05) is 27.3 Å². The molecule has 0 saturated carbocycles. The van der Waals surface area contributed by atoms with E-state index in [1.807, 2.05) is 18.2 Å². The molecular formula is C18H27NO3. The van der Waals surface area contributed by atoms with E-state index in [0.717, 1.165) is 43.7 Å². The van der Waals surface area contributed by atoms with Gasteiger partial charge in [0.1, 0.15) is 11.5 Å². The predicted molar refractivity (Wildman–Crippen MR) is 88.5 cm³/mol. The third kappa shape index (κ3) is 4.02. The summed E-state index contributed by atoms with van der Waals surface area (Å²) in [7, 11) is 3.35. The summed E-state index contributed by atoms with van der Waals surface area (Å²) in [5, 5.41) is 10.2. The molecule has 0 aliphatic carbocycles. The molecule has 1 N–H and O–H groups in total. The molecule has 0 aromatic heterocycles. The van der Waals surface area contributed by atoms with Gasteiger partial charge in [-0.2, -0.15) is 0 Å². The second kappa shape index (κ2) is 8.20. The molecule has 2 unspecified atom stereocenters. The average molecular weight is 305 g/mol. The first-order valence-corrected chi connectivity index (χ1v) is 7.94. The molecule has 0 radical (unpaired) electrons. The highest BCUT2D eigenvalue weighted by atomic mass is 16.5. The van der Waals surface area contributed by atoms with Crippen molar-refractivity contribution in [2.45, 2.75) is 37.8 Å². The van der Waals surface area contributed by atoms with Gasteiger partial charge in [-0.1, -0.05) is 12.1 Å². The van der Waals surface area contributed by atoms with Gasteiger partial charge in [0.25, 0.3) is 0 Å².